The van der Waals surface area contributed by atoms with E-state index in [1.807, 2.05) is 30.5 Å². The number of methoxy groups -OCH3 is 3. The van der Waals surface area contributed by atoms with Crippen molar-refractivity contribution in [2.45, 2.75) is 12.5 Å². The van der Waals surface area contributed by atoms with Crippen molar-refractivity contribution in [3.8, 4) is 17.2 Å². The molecule has 1 amide bonds. The van der Waals surface area contributed by atoms with E-state index in [9.17, 15) is 4.79 Å². The van der Waals surface area contributed by atoms with Gasteiger partial charge in [-0.2, -0.15) is 0 Å². The van der Waals surface area contributed by atoms with Gasteiger partial charge in [-0.25, -0.2) is 0 Å². The highest BCUT2D eigenvalue weighted by Gasteiger charge is 2.31. The molecule has 0 aromatic heterocycles. The normalized spacial score (nSPS) is 19.3. The number of rotatable bonds is 8. The van der Waals surface area contributed by atoms with Crippen LogP contribution in [0.1, 0.15) is 22.3 Å². The number of hydrogen-bond acceptors (Lipinski definition) is 9. The first-order valence-corrected chi connectivity index (χ1v) is 12.9. The number of anilines is 1. The van der Waals surface area contributed by atoms with Gasteiger partial charge in [0.15, 0.2) is 11.5 Å². The molecule has 2 aromatic carbocycles. The first kappa shape index (κ1) is 25.3. The first-order chi connectivity index (χ1) is 18.1. The van der Waals surface area contributed by atoms with E-state index < -0.39 is 0 Å². The monoisotopic (exact) mass is 522 g/mol. The Bertz CT molecular complexity index is 1240. The van der Waals surface area contributed by atoms with Crippen LogP contribution < -0.4 is 19.5 Å². The Morgan fingerprint density at radius 3 is 2.54 bits per heavy atom. The second-order valence-electron chi connectivity index (χ2n) is 8.81. The minimum Gasteiger partial charge on any atom is -0.493 e. The number of fused-ring (bicyclic) bond motifs is 1. The molecule has 0 aliphatic carbocycles. The maximum atomic E-state index is 13.2. The third kappa shape index (κ3) is 5.51. The van der Waals surface area contributed by atoms with Gasteiger partial charge in [0.2, 0.25) is 5.75 Å². The summed E-state index contributed by atoms with van der Waals surface area (Å²) in [5.74, 6) is 0.972. The van der Waals surface area contributed by atoms with E-state index in [1.165, 1.54) is 26.9 Å². The van der Waals surface area contributed by atoms with Gasteiger partial charge < -0.3 is 24.3 Å². The fourth-order valence-electron chi connectivity index (χ4n) is 4.55. The number of benzene rings is 2. The van der Waals surface area contributed by atoms with Gasteiger partial charge in [-0.05, 0) is 23.8 Å². The molecular weight excluding hydrogens is 492 g/mol. The molecule has 1 N–H and O–H groups in total. The summed E-state index contributed by atoms with van der Waals surface area (Å²) in [7, 11) is 4.57. The van der Waals surface area contributed by atoms with Crippen molar-refractivity contribution < 1.29 is 23.7 Å². The van der Waals surface area contributed by atoms with Crippen molar-refractivity contribution in [3.05, 3.63) is 59.3 Å². The molecule has 1 atom stereocenters. The Morgan fingerprint density at radius 1 is 1.11 bits per heavy atom. The SMILES string of the molecule is COc1cc(C(=O)Nc2ccccc2C2=NC3CC(CN4CCOCC4)=CN=C3S2)cc(OC)c1OC. The second kappa shape index (κ2) is 11.4. The zero-order valence-corrected chi connectivity index (χ0v) is 22.0. The molecular formula is C27H30N4O5S. The molecule has 0 spiro atoms. The number of thioether (sulfide) groups is 1. The van der Waals surface area contributed by atoms with Crippen molar-refractivity contribution in [3.63, 3.8) is 0 Å². The van der Waals surface area contributed by atoms with Crippen LogP contribution in [0, 0.1) is 0 Å². The van der Waals surface area contributed by atoms with E-state index in [1.54, 1.807) is 23.9 Å². The lowest BCUT2D eigenvalue weighted by Gasteiger charge is -2.28. The lowest BCUT2D eigenvalue weighted by atomic mass is 10.1. The van der Waals surface area contributed by atoms with Crippen molar-refractivity contribution in [2.24, 2.45) is 9.98 Å². The third-order valence-corrected chi connectivity index (χ3v) is 7.56. The quantitative estimate of drug-likeness (QED) is 0.563. The minimum absolute atomic E-state index is 0.0138. The summed E-state index contributed by atoms with van der Waals surface area (Å²) in [6, 6.07) is 11.0. The molecule has 10 heteroatoms. The van der Waals surface area contributed by atoms with E-state index >= 15 is 0 Å². The molecule has 37 heavy (non-hydrogen) atoms. The second-order valence-corrected chi connectivity index (χ2v) is 9.82. The number of carbonyl (C=O) groups is 1. The van der Waals surface area contributed by atoms with E-state index in [4.69, 9.17) is 28.9 Å². The van der Waals surface area contributed by atoms with Crippen LogP contribution in [-0.4, -0.2) is 81.1 Å². The fourth-order valence-corrected chi connectivity index (χ4v) is 5.60. The Balaban J connectivity index is 1.33. The Hall–Kier alpha value is -3.34. The third-order valence-electron chi connectivity index (χ3n) is 6.45. The number of nitrogens with one attached hydrogen (secondary N) is 1. The Morgan fingerprint density at radius 2 is 1.84 bits per heavy atom. The van der Waals surface area contributed by atoms with Crippen LogP contribution in [0.25, 0.3) is 0 Å². The van der Waals surface area contributed by atoms with Crippen LogP contribution in [0.4, 0.5) is 5.69 Å². The zero-order chi connectivity index (χ0) is 25.8. The molecule has 1 fully saturated rings. The highest BCUT2D eigenvalue weighted by Crippen LogP contribution is 2.39. The molecule has 3 aliphatic rings. The highest BCUT2D eigenvalue weighted by atomic mass is 32.2. The van der Waals surface area contributed by atoms with Gasteiger partial charge in [0.1, 0.15) is 16.1 Å². The predicted octanol–water partition coefficient (Wildman–Crippen LogP) is 3.85. The molecule has 194 valence electrons. The van der Waals surface area contributed by atoms with E-state index in [0.29, 0.717) is 28.5 Å². The number of carbonyl (C=O) groups excluding carboxylic acids is 1. The van der Waals surface area contributed by atoms with Gasteiger partial charge in [0.25, 0.3) is 5.91 Å². The van der Waals surface area contributed by atoms with Crippen LogP contribution in [0.2, 0.25) is 0 Å². The van der Waals surface area contributed by atoms with Gasteiger partial charge in [0.05, 0.1) is 40.2 Å². The molecule has 3 heterocycles. The van der Waals surface area contributed by atoms with Gasteiger partial charge >= 0.3 is 0 Å². The predicted molar refractivity (Wildman–Crippen MR) is 146 cm³/mol. The van der Waals surface area contributed by atoms with E-state index in [-0.39, 0.29) is 11.9 Å². The number of aliphatic imine (C=N–C) groups is 2. The maximum absolute atomic E-state index is 13.2. The van der Waals surface area contributed by atoms with Gasteiger partial charge in [0, 0.05) is 43.4 Å². The molecule has 3 aliphatic heterocycles. The summed E-state index contributed by atoms with van der Waals surface area (Å²) >= 11 is 1.56. The maximum Gasteiger partial charge on any atom is 0.255 e. The van der Waals surface area contributed by atoms with E-state index in [0.717, 1.165) is 54.9 Å². The average Bonchev–Trinajstić information content (AvgIpc) is 3.36. The van der Waals surface area contributed by atoms with Gasteiger partial charge in [-0.3, -0.25) is 19.7 Å². The lowest BCUT2D eigenvalue weighted by molar-refractivity contribution is 0.0419. The summed E-state index contributed by atoms with van der Waals surface area (Å²) in [4.78, 5) is 25.4. The van der Waals surface area contributed by atoms with Crippen molar-refractivity contribution >= 4 is 33.4 Å². The summed E-state index contributed by atoms with van der Waals surface area (Å²) in [5.41, 5.74) is 3.21. The molecule has 0 radical (unpaired) electrons. The fraction of sp³-hybridized carbons (Fsp3) is 0.370. The lowest BCUT2D eigenvalue weighted by Crippen LogP contribution is -2.38. The van der Waals surface area contributed by atoms with Crippen LogP contribution in [0.5, 0.6) is 17.2 Å². The smallest absolute Gasteiger partial charge is 0.255 e. The van der Waals surface area contributed by atoms with Crippen LogP contribution in [0.15, 0.2) is 58.2 Å². The Labute approximate surface area is 220 Å². The summed E-state index contributed by atoms with van der Waals surface area (Å²) in [5, 5.41) is 4.88. The summed E-state index contributed by atoms with van der Waals surface area (Å²) < 4.78 is 21.6. The number of morpholine rings is 1. The number of nitrogens with zero attached hydrogens (tertiary/aromatic N) is 3. The molecule has 1 unspecified atom stereocenters. The first-order valence-electron chi connectivity index (χ1n) is 12.1. The molecule has 5 rings (SSSR count). The van der Waals surface area contributed by atoms with Crippen molar-refractivity contribution in [2.75, 3.05) is 59.5 Å². The molecule has 0 saturated carbocycles. The minimum atomic E-state index is -0.292. The van der Waals surface area contributed by atoms with Gasteiger partial charge in [-0.15, -0.1) is 0 Å². The average molecular weight is 523 g/mol. The zero-order valence-electron chi connectivity index (χ0n) is 21.2. The van der Waals surface area contributed by atoms with Crippen LogP contribution >= 0.6 is 11.8 Å². The molecule has 0 bridgehead atoms. The molecule has 2 aromatic rings. The van der Waals surface area contributed by atoms with Crippen molar-refractivity contribution in [1.29, 1.82) is 0 Å². The molecule has 9 nitrogen and oxygen atoms in total. The highest BCUT2D eigenvalue weighted by molar-refractivity contribution is 8.27. The van der Waals surface area contributed by atoms with E-state index in [2.05, 4.69) is 10.2 Å². The number of para-hydroxylation sites is 1. The van der Waals surface area contributed by atoms with Crippen LogP contribution in [-0.2, 0) is 4.74 Å². The summed E-state index contributed by atoms with van der Waals surface area (Å²) in [6.07, 6.45) is 2.84. The number of amides is 1. The Kier molecular flexibility index (Phi) is 7.78. The number of ether oxygens (including phenoxy) is 4. The van der Waals surface area contributed by atoms with Crippen LogP contribution in [0.3, 0.4) is 0 Å². The topological polar surface area (TPSA) is 94.0 Å². The summed E-state index contributed by atoms with van der Waals surface area (Å²) in [6.45, 7) is 4.35. The van der Waals surface area contributed by atoms with Crippen molar-refractivity contribution in [1.82, 2.24) is 4.90 Å². The standard InChI is InChI=1S/C27H30N4O5S/c1-33-22-13-18(14-23(34-2)24(22)35-3)25(32)29-20-7-5-4-6-19(20)26-30-21-12-17(15-28-27(21)37-26)16-31-8-10-36-11-9-31/h4-7,13-15,21H,8-12,16H2,1-3H3,(H,29,32). The van der Waals surface area contributed by atoms with Gasteiger partial charge in [-0.1, -0.05) is 30.0 Å². The number of hydrogen-bond donors (Lipinski definition) is 1. The molecule has 1 saturated heterocycles. The largest absolute Gasteiger partial charge is 0.493 e.